The fraction of sp³-hybridized carbons (Fsp3) is 0.550. The van der Waals surface area contributed by atoms with Gasteiger partial charge in [0.2, 0.25) is 0 Å². The molecule has 2 heterocycles. The van der Waals surface area contributed by atoms with Gasteiger partial charge in [-0.1, -0.05) is 24.6 Å². The predicted octanol–water partition coefficient (Wildman–Crippen LogP) is 4.10. The molecule has 4 rings (SSSR count). The van der Waals surface area contributed by atoms with Gasteiger partial charge in [-0.2, -0.15) is 0 Å². The maximum absolute atomic E-state index is 4.50. The summed E-state index contributed by atoms with van der Waals surface area (Å²) >= 11 is 0. The fourth-order valence-corrected chi connectivity index (χ4v) is 4.32. The molecule has 1 spiro atoms. The van der Waals surface area contributed by atoms with E-state index in [0.717, 1.165) is 25.5 Å². The number of hydrogen-bond donors (Lipinski definition) is 1. The number of benzene rings is 1. The summed E-state index contributed by atoms with van der Waals surface area (Å²) in [5.41, 5.74) is 1.95. The minimum Gasteiger partial charge on any atom is -0.356 e. The van der Waals surface area contributed by atoms with Crippen LogP contribution in [0, 0.1) is 5.41 Å². The van der Waals surface area contributed by atoms with Gasteiger partial charge in [-0.25, -0.2) is 0 Å². The SMILES string of the molecule is CN=C(NCCCn1ccc2ccccc21)N1CCC2(CCC2)C1.I. The third-order valence-electron chi connectivity index (χ3n) is 5.90. The zero-order chi connectivity index (χ0) is 16.4. The van der Waals surface area contributed by atoms with Crippen molar-refractivity contribution in [3.05, 3.63) is 36.5 Å². The van der Waals surface area contributed by atoms with E-state index in [4.69, 9.17) is 0 Å². The Hall–Kier alpha value is -1.24. The van der Waals surface area contributed by atoms with Gasteiger partial charge < -0.3 is 14.8 Å². The van der Waals surface area contributed by atoms with Gasteiger partial charge in [0, 0.05) is 44.9 Å². The average Bonchev–Trinajstić information content (AvgIpc) is 3.20. The van der Waals surface area contributed by atoms with E-state index in [1.54, 1.807) is 0 Å². The highest BCUT2D eigenvalue weighted by molar-refractivity contribution is 14.0. The summed E-state index contributed by atoms with van der Waals surface area (Å²) in [6.07, 6.45) is 8.91. The van der Waals surface area contributed by atoms with Crippen LogP contribution in [0.1, 0.15) is 32.1 Å². The van der Waals surface area contributed by atoms with Crippen molar-refractivity contribution in [1.82, 2.24) is 14.8 Å². The maximum atomic E-state index is 4.50. The smallest absolute Gasteiger partial charge is 0.193 e. The summed E-state index contributed by atoms with van der Waals surface area (Å²) in [6, 6.07) is 10.8. The molecule has 1 aliphatic carbocycles. The molecule has 136 valence electrons. The molecule has 0 amide bonds. The fourth-order valence-electron chi connectivity index (χ4n) is 4.32. The Kier molecular flexibility index (Phi) is 5.92. The monoisotopic (exact) mass is 452 g/mol. The summed E-state index contributed by atoms with van der Waals surface area (Å²) in [6.45, 7) is 4.39. The Morgan fingerprint density at radius 2 is 2.04 bits per heavy atom. The number of halogens is 1. The van der Waals surface area contributed by atoms with Gasteiger partial charge in [0.05, 0.1) is 0 Å². The minimum atomic E-state index is 0. The number of aryl methyl sites for hydroxylation is 1. The van der Waals surface area contributed by atoms with Crippen molar-refractivity contribution in [3.63, 3.8) is 0 Å². The first-order valence-corrected chi connectivity index (χ1v) is 9.29. The Morgan fingerprint density at radius 1 is 1.20 bits per heavy atom. The van der Waals surface area contributed by atoms with Crippen LogP contribution in [0.25, 0.3) is 10.9 Å². The Balaban J connectivity index is 0.00000182. The number of aromatic nitrogens is 1. The number of aliphatic imine (C=N–C) groups is 1. The molecule has 1 aliphatic heterocycles. The predicted molar refractivity (Wildman–Crippen MR) is 116 cm³/mol. The van der Waals surface area contributed by atoms with Crippen molar-refractivity contribution in [2.45, 2.75) is 38.6 Å². The second-order valence-electron chi connectivity index (χ2n) is 7.42. The number of fused-ring (bicyclic) bond motifs is 1. The van der Waals surface area contributed by atoms with Gasteiger partial charge in [0.15, 0.2) is 5.96 Å². The van der Waals surface area contributed by atoms with Crippen LogP contribution < -0.4 is 5.32 Å². The first-order valence-electron chi connectivity index (χ1n) is 9.29. The molecular formula is C20H29IN4. The van der Waals surface area contributed by atoms with Crippen LogP contribution >= 0.6 is 24.0 Å². The average molecular weight is 452 g/mol. The first kappa shape index (κ1) is 18.5. The third kappa shape index (κ3) is 3.81. The molecular weight excluding hydrogens is 423 g/mol. The van der Waals surface area contributed by atoms with E-state index in [9.17, 15) is 0 Å². The van der Waals surface area contributed by atoms with Crippen LogP contribution in [0.4, 0.5) is 0 Å². The molecule has 5 heteroatoms. The molecule has 0 atom stereocenters. The number of nitrogens with zero attached hydrogens (tertiary/aromatic N) is 3. The zero-order valence-corrected chi connectivity index (χ0v) is 17.4. The topological polar surface area (TPSA) is 32.6 Å². The molecule has 2 fully saturated rings. The highest BCUT2D eigenvalue weighted by atomic mass is 127. The molecule has 0 bridgehead atoms. The van der Waals surface area contributed by atoms with Crippen LogP contribution in [0.2, 0.25) is 0 Å². The minimum absolute atomic E-state index is 0. The van der Waals surface area contributed by atoms with Gasteiger partial charge in [0.25, 0.3) is 0 Å². The van der Waals surface area contributed by atoms with Crippen molar-refractivity contribution in [3.8, 4) is 0 Å². The molecule has 1 aromatic heterocycles. The number of para-hydroxylation sites is 1. The quantitative estimate of drug-likeness (QED) is 0.328. The standard InChI is InChI=1S/C20H28N4.HI/c1-21-19(24-15-11-20(16-24)9-4-10-20)22-12-5-13-23-14-8-17-6-2-3-7-18(17)23;/h2-3,6-8,14H,4-5,9-13,15-16H2,1H3,(H,21,22);1H. The summed E-state index contributed by atoms with van der Waals surface area (Å²) in [5.74, 6) is 1.09. The van der Waals surface area contributed by atoms with E-state index in [0.29, 0.717) is 5.41 Å². The molecule has 25 heavy (non-hydrogen) atoms. The number of hydrogen-bond acceptors (Lipinski definition) is 1. The first-order chi connectivity index (χ1) is 11.8. The van der Waals surface area contributed by atoms with Crippen molar-refractivity contribution in [1.29, 1.82) is 0 Å². The van der Waals surface area contributed by atoms with Crippen LogP contribution in [0.5, 0.6) is 0 Å². The van der Waals surface area contributed by atoms with Gasteiger partial charge in [-0.15, -0.1) is 24.0 Å². The molecule has 2 aliphatic rings. The summed E-state index contributed by atoms with van der Waals surface area (Å²) < 4.78 is 2.35. The van der Waals surface area contributed by atoms with E-state index in [1.165, 1.54) is 49.7 Å². The summed E-state index contributed by atoms with van der Waals surface area (Å²) in [7, 11) is 1.91. The van der Waals surface area contributed by atoms with E-state index >= 15 is 0 Å². The number of rotatable bonds is 4. The summed E-state index contributed by atoms with van der Waals surface area (Å²) in [4.78, 5) is 6.97. The van der Waals surface area contributed by atoms with E-state index in [-0.39, 0.29) is 24.0 Å². The van der Waals surface area contributed by atoms with Crippen molar-refractivity contribution in [2.24, 2.45) is 10.4 Å². The van der Waals surface area contributed by atoms with Crippen LogP contribution in [0.15, 0.2) is 41.5 Å². The van der Waals surface area contributed by atoms with E-state index in [2.05, 4.69) is 56.3 Å². The lowest BCUT2D eigenvalue weighted by atomic mass is 9.68. The Bertz CT molecular complexity index is 732. The third-order valence-corrected chi connectivity index (χ3v) is 5.90. The van der Waals surface area contributed by atoms with Gasteiger partial charge >= 0.3 is 0 Å². The van der Waals surface area contributed by atoms with Gasteiger partial charge in [-0.05, 0) is 48.6 Å². The molecule has 2 aromatic rings. The van der Waals surface area contributed by atoms with Crippen LogP contribution in [-0.2, 0) is 6.54 Å². The lowest BCUT2D eigenvalue weighted by Gasteiger charge is -2.38. The van der Waals surface area contributed by atoms with E-state index in [1.807, 2.05) is 7.05 Å². The number of likely N-dealkylation sites (tertiary alicyclic amines) is 1. The van der Waals surface area contributed by atoms with Gasteiger partial charge in [0.1, 0.15) is 0 Å². The van der Waals surface area contributed by atoms with Crippen LogP contribution in [0.3, 0.4) is 0 Å². The van der Waals surface area contributed by atoms with Crippen molar-refractivity contribution >= 4 is 40.8 Å². The Labute approximate surface area is 167 Å². The van der Waals surface area contributed by atoms with Crippen LogP contribution in [-0.4, -0.2) is 42.1 Å². The normalized spacial score (nSPS) is 19.1. The molecule has 1 saturated carbocycles. The van der Waals surface area contributed by atoms with Gasteiger partial charge in [-0.3, -0.25) is 4.99 Å². The Morgan fingerprint density at radius 3 is 2.76 bits per heavy atom. The largest absolute Gasteiger partial charge is 0.356 e. The lowest BCUT2D eigenvalue weighted by molar-refractivity contribution is 0.151. The lowest BCUT2D eigenvalue weighted by Crippen LogP contribution is -2.42. The van der Waals surface area contributed by atoms with Crippen molar-refractivity contribution < 1.29 is 0 Å². The number of guanidine groups is 1. The second-order valence-corrected chi connectivity index (χ2v) is 7.42. The number of nitrogens with one attached hydrogen (secondary N) is 1. The highest BCUT2D eigenvalue weighted by Crippen LogP contribution is 2.47. The molecule has 1 aromatic carbocycles. The van der Waals surface area contributed by atoms with Crippen molar-refractivity contribution in [2.75, 3.05) is 26.7 Å². The molecule has 0 unspecified atom stereocenters. The highest BCUT2D eigenvalue weighted by Gasteiger charge is 2.43. The summed E-state index contributed by atoms with van der Waals surface area (Å²) in [5, 5.41) is 4.89. The molecule has 1 N–H and O–H groups in total. The molecule has 4 nitrogen and oxygen atoms in total. The zero-order valence-electron chi connectivity index (χ0n) is 15.1. The second kappa shape index (κ2) is 7.98. The maximum Gasteiger partial charge on any atom is 0.193 e. The molecule has 0 radical (unpaired) electrons. The van der Waals surface area contributed by atoms with E-state index < -0.39 is 0 Å². The molecule has 1 saturated heterocycles.